The van der Waals surface area contributed by atoms with E-state index in [1.54, 1.807) is 45.8 Å². The maximum atomic E-state index is 14.6. The SMILES string of the molecule is CC(=O)[C@@H](N)Cc1cc(O)c(O)cc1[18F].COC(=O)C(Cc1cc(C)c(C)cc1[18F])N(C)C.COC(=O)C(Cc1cc(OC)c(OC)cc1[18F])N(C(=O)OC)C(=O)OC(C)(C)C. The molecule has 4 N–H and O–H groups in total. The van der Waals surface area contributed by atoms with Gasteiger partial charge < -0.3 is 44.4 Å². The number of imide groups is 1. The normalized spacial score (nSPS) is 12.2. The van der Waals surface area contributed by atoms with Crippen LogP contribution in [0.2, 0.25) is 0 Å². The van der Waals surface area contributed by atoms with Crippen molar-refractivity contribution in [3.63, 3.8) is 0 Å². The number of ketones is 1. The van der Waals surface area contributed by atoms with Gasteiger partial charge in [0, 0.05) is 25.0 Å². The second-order valence-corrected chi connectivity index (χ2v) is 15.0. The van der Waals surface area contributed by atoms with E-state index in [2.05, 4.69) is 4.74 Å². The van der Waals surface area contributed by atoms with Gasteiger partial charge in [0.15, 0.2) is 23.0 Å². The van der Waals surface area contributed by atoms with E-state index in [0.29, 0.717) is 16.9 Å². The van der Waals surface area contributed by atoms with E-state index in [1.807, 2.05) is 13.8 Å². The van der Waals surface area contributed by atoms with Crippen molar-refractivity contribution in [3.8, 4) is 23.0 Å². The summed E-state index contributed by atoms with van der Waals surface area (Å²) in [6.07, 6.45) is -2.40. The molecule has 0 aliphatic heterocycles. The molecule has 62 heavy (non-hydrogen) atoms. The number of aryl methyl sites for hydroxylation is 2. The van der Waals surface area contributed by atoms with Gasteiger partial charge in [-0.1, -0.05) is 6.07 Å². The van der Waals surface area contributed by atoms with Gasteiger partial charge in [-0.05, 0) is 108 Å². The number of amides is 2. The number of ether oxygens (including phenoxy) is 6. The number of hydrogen-bond acceptors (Lipinski definition) is 15. The van der Waals surface area contributed by atoms with Crippen molar-refractivity contribution in [2.75, 3.05) is 49.6 Å². The van der Waals surface area contributed by atoms with Gasteiger partial charge in [-0.3, -0.25) is 14.5 Å². The monoisotopic (exact) mass is 878 g/mol. The minimum absolute atomic E-state index is 0.00495. The number of methoxy groups -OCH3 is 5. The minimum atomic E-state index is -1.55. The fourth-order valence-electron chi connectivity index (χ4n) is 5.37. The number of nitrogens with two attached hydrogens (primary N) is 1. The van der Waals surface area contributed by atoms with Crippen LogP contribution in [-0.2, 0) is 52.6 Å². The van der Waals surface area contributed by atoms with Crippen molar-refractivity contribution in [2.24, 2.45) is 5.73 Å². The third-order valence-corrected chi connectivity index (χ3v) is 8.99. The van der Waals surface area contributed by atoms with Crippen LogP contribution in [0.25, 0.3) is 0 Å². The summed E-state index contributed by atoms with van der Waals surface area (Å²) in [6.45, 7) is 9.86. The summed E-state index contributed by atoms with van der Waals surface area (Å²) in [4.78, 5) is 61.9. The molecule has 16 nitrogen and oxygen atoms in total. The molecule has 0 aliphatic carbocycles. The molecular formula is C43H58F3N3O13. The summed E-state index contributed by atoms with van der Waals surface area (Å²) in [5, 5.41) is 18.1. The summed E-state index contributed by atoms with van der Waals surface area (Å²) in [7, 11) is 9.71. The third-order valence-electron chi connectivity index (χ3n) is 8.99. The highest BCUT2D eigenvalue weighted by atomic mass is 18.2. The van der Waals surface area contributed by atoms with Crippen LogP contribution in [0.3, 0.4) is 0 Å². The predicted molar refractivity (Wildman–Crippen MR) is 221 cm³/mol. The van der Waals surface area contributed by atoms with E-state index < -0.39 is 71.4 Å². The van der Waals surface area contributed by atoms with Crippen molar-refractivity contribution in [2.45, 2.75) is 84.5 Å². The van der Waals surface area contributed by atoms with Gasteiger partial charge in [-0.25, -0.2) is 27.6 Å². The zero-order chi connectivity index (χ0) is 47.8. The highest BCUT2D eigenvalue weighted by Crippen LogP contribution is 2.32. The molecule has 19 heteroatoms. The first-order chi connectivity index (χ1) is 28.8. The summed E-state index contributed by atoms with van der Waals surface area (Å²) < 4.78 is 71.0. The van der Waals surface area contributed by atoms with Crippen molar-refractivity contribution in [1.29, 1.82) is 0 Å². The number of rotatable bonds is 13. The summed E-state index contributed by atoms with van der Waals surface area (Å²) >= 11 is 0. The molecule has 0 aromatic heterocycles. The molecule has 0 saturated carbocycles. The smallest absolute Gasteiger partial charge is 0.420 e. The fourth-order valence-corrected chi connectivity index (χ4v) is 5.37. The number of carbonyl (C=O) groups is 5. The standard InChI is InChI=1S/C19H26FNO8.C14H20FNO2.C10H12FNO3/c1-19(2,3)29-18(24)21(17(23)28-7)13(16(22)27-6)8-11-9-14(25-4)15(26-5)10-12(11)20;1-9-6-11(12(15)7-10(9)2)8-13(16(3)4)14(17)18-5;1-5(13)8(12)2-6-3-9(14)10(15)4-7(6)11/h9-10,13H,8H2,1-7H3;6-7,13H,8H2,1-5H3;3-4,8,14-15H,2,12H2,1H3/t;;8-/m..0/s1/i20-1;15-1;11-1. The quantitative estimate of drug-likeness (QED) is 0.107. The number of likely N-dealkylation sites (N-methyl/N-ethyl adjacent to an activating group) is 1. The first-order valence-electron chi connectivity index (χ1n) is 18.8. The molecule has 0 spiro atoms. The lowest BCUT2D eigenvalue weighted by atomic mass is 9.99. The zero-order valence-corrected chi connectivity index (χ0v) is 37.3. The van der Waals surface area contributed by atoms with Crippen molar-refractivity contribution >= 4 is 29.9 Å². The van der Waals surface area contributed by atoms with Gasteiger partial charge in [-0.2, -0.15) is 4.90 Å². The summed E-state index contributed by atoms with van der Waals surface area (Å²) in [5.74, 6) is -3.89. The van der Waals surface area contributed by atoms with Crippen LogP contribution >= 0.6 is 0 Å². The fraction of sp³-hybridized carbons (Fsp3) is 0.465. The minimum Gasteiger partial charge on any atom is -0.504 e. The Bertz CT molecular complexity index is 2040. The first kappa shape index (κ1) is 53.9. The Morgan fingerprint density at radius 3 is 1.56 bits per heavy atom. The molecule has 0 radical (unpaired) electrons. The van der Waals surface area contributed by atoms with E-state index in [1.165, 1.54) is 40.4 Å². The van der Waals surface area contributed by atoms with Crippen molar-refractivity contribution in [1.82, 2.24) is 9.80 Å². The number of nitrogens with zero attached hydrogens (tertiary/aromatic N) is 2. The number of phenols is 2. The molecule has 3 aromatic rings. The van der Waals surface area contributed by atoms with Gasteiger partial charge in [-0.15, -0.1) is 0 Å². The van der Waals surface area contributed by atoms with Crippen LogP contribution in [0.15, 0.2) is 36.4 Å². The molecular weight excluding hydrogens is 820 g/mol. The molecule has 0 fully saturated rings. The van der Waals surface area contributed by atoms with Crippen LogP contribution in [0.4, 0.5) is 22.8 Å². The zero-order valence-electron chi connectivity index (χ0n) is 37.3. The molecule has 344 valence electrons. The molecule has 3 atom stereocenters. The predicted octanol–water partition coefficient (Wildman–Crippen LogP) is 5.71. The lowest BCUT2D eigenvalue weighted by Gasteiger charge is -2.29. The maximum Gasteiger partial charge on any atom is 0.420 e. The Hall–Kier alpha value is -6.08. The van der Waals surface area contributed by atoms with Gasteiger partial charge >= 0.3 is 24.1 Å². The third kappa shape index (κ3) is 16.1. The van der Waals surface area contributed by atoms with E-state index >= 15 is 0 Å². The molecule has 2 amide bonds. The second-order valence-electron chi connectivity index (χ2n) is 15.0. The lowest BCUT2D eigenvalue weighted by Crippen LogP contribution is -2.51. The Labute approximate surface area is 359 Å². The van der Waals surface area contributed by atoms with E-state index in [0.717, 1.165) is 43.5 Å². The Kier molecular flexibility index (Phi) is 21.2. The van der Waals surface area contributed by atoms with Crippen LogP contribution in [0, 0.1) is 31.3 Å². The first-order valence-corrected chi connectivity index (χ1v) is 18.8. The molecule has 0 bridgehead atoms. The topological polar surface area (TPSA) is 214 Å². The molecule has 3 rings (SSSR count). The molecule has 0 heterocycles. The van der Waals surface area contributed by atoms with Gasteiger partial charge in [0.05, 0.1) is 41.6 Å². The number of esters is 2. The number of halogens is 3. The Morgan fingerprint density at radius 2 is 1.08 bits per heavy atom. The average molecular weight is 879 g/mol. The van der Waals surface area contributed by atoms with Crippen LogP contribution in [-0.4, -0.2) is 123 Å². The maximum absolute atomic E-state index is 14.6. The number of phenolic OH excluding ortho intramolecular Hbond substituents is 2. The lowest BCUT2D eigenvalue weighted by molar-refractivity contribution is -0.146. The summed E-state index contributed by atoms with van der Waals surface area (Å²) in [5.41, 5.74) is 7.05. The number of carbonyl (C=O) groups excluding carboxylic acids is 5. The highest BCUT2D eigenvalue weighted by molar-refractivity contribution is 5.94. The Morgan fingerprint density at radius 1 is 0.645 bits per heavy atom. The van der Waals surface area contributed by atoms with Gasteiger partial charge in [0.2, 0.25) is 0 Å². The van der Waals surface area contributed by atoms with Gasteiger partial charge in [0.1, 0.15) is 40.9 Å². The van der Waals surface area contributed by atoms with Crippen LogP contribution in [0.1, 0.15) is 55.5 Å². The van der Waals surface area contributed by atoms with Crippen molar-refractivity contribution < 1.29 is 75.8 Å². The Balaban J connectivity index is 0.000000498. The average Bonchev–Trinajstić information content (AvgIpc) is 3.19. The highest BCUT2D eigenvalue weighted by Gasteiger charge is 2.40. The molecule has 2 unspecified atom stereocenters. The van der Waals surface area contributed by atoms with Gasteiger partial charge in [0.25, 0.3) is 0 Å². The second kappa shape index (κ2) is 24.4. The van der Waals surface area contributed by atoms with Crippen molar-refractivity contribution in [3.05, 3.63) is 81.7 Å². The molecule has 0 saturated heterocycles. The number of hydrogen-bond donors (Lipinski definition) is 3. The van der Waals surface area contributed by atoms with E-state index in [9.17, 15) is 37.1 Å². The van der Waals surface area contributed by atoms with Crippen LogP contribution < -0.4 is 15.2 Å². The van der Waals surface area contributed by atoms with E-state index in [4.69, 9.17) is 39.6 Å². The number of benzene rings is 3. The molecule has 0 aliphatic rings. The number of aromatic hydroxyl groups is 2. The summed E-state index contributed by atoms with van der Waals surface area (Å²) in [6, 6.07) is 4.71. The largest absolute Gasteiger partial charge is 0.504 e. The van der Waals surface area contributed by atoms with Crippen LogP contribution in [0.5, 0.6) is 23.0 Å². The number of Topliss-reactive ketones (excluding diaryl/α,β-unsaturated/α-hetero) is 1. The van der Waals surface area contributed by atoms with E-state index in [-0.39, 0.29) is 46.6 Å². The molecule has 3 aromatic carbocycles.